The molecule has 1 saturated heterocycles. The molecule has 2 amide bonds. The number of hydrogen-bond donors (Lipinski definition) is 2. The molecule has 2 aromatic rings. The molecular weight excluding hydrogens is 418 g/mol. The van der Waals surface area contributed by atoms with Gasteiger partial charge in [-0.05, 0) is 51.0 Å². The van der Waals surface area contributed by atoms with Gasteiger partial charge in [-0.1, -0.05) is 0 Å². The van der Waals surface area contributed by atoms with Gasteiger partial charge in [0.2, 0.25) is 15.9 Å². The van der Waals surface area contributed by atoms with E-state index >= 15 is 0 Å². The number of H-pyrrole nitrogens is 1. The van der Waals surface area contributed by atoms with Crippen molar-refractivity contribution in [2.45, 2.75) is 44.4 Å². The van der Waals surface area contributed by atoms with Gasteiger partial charge in [-0.2, -0.15) is 9.40 Å². The first-order chi connectivity index (χ1) is 14.8. The summed E-state index contributed by atoms with van der Waals surface area (Å²) in [4.78, 5) is 25.8. The van der Waals surface area contributed by atoms with Crippen LogP contribution in [0.3, 0.4) is 0 Å². The fraction of sp³-hybridized carbons (Fsp3) is 0.476. The number of aromatic amines is 1. The molecule has 9 nitrogen and oxygen atoms in total. The van der Waals surface area contributed by atoms with Crippen LogP contribution in [-0.4, -0.2) is 65.8 Å². The standard InChI is InChI=1S/C21H29N5O4S/c1-4-25(5-2)21(28)19-14-22-24-20(19)16-10-12-26(13-11-16)31(29,30)18-8-6-17(7-9-18)23-15(3)27/h6-9,14,16H,4-5,10-13H2,1-3H3,(H,22,24)(H,23,27). The summed E-state index contributed by atoms with van der Waals surface area (Å²) in [5.74, 6) is -0.219. The average molecular weight is 448 g/mol. The van der Waals surface area contributed by atoms with E-state index in [4.69, 9.17) is 0 Å². The smallest absolute Gasteiger partial charge is 0.257 e. The van der Waals surface area contributed by atoms with Crippen molar-refractivity contribution < 1.29 is 18.0 Å². The topological polar surface area (TPSA) is 115 Å². The van der Waals surface area contributed by atoms with Crippen LogP contribution in [0.1, 0.15) is 55.6 Å². The fourth-order valence-electron chi connectivity index (χ4n) is 3.91. The summed E-state index contributed by atoms with van der Waals surface area (Å²) in [6.45, 7) is 7.24. The van der Waals surface area contributed by atoms with E-state index in [1.54, 1.807) is 23.2 Å². The van der Waals surface area contributed by atoms with E-state index in [1.807, 2.05) is 13.8 Å². The highest BCUT2D eigenvalue weighted by Crippen LogP contribution is 2.32. The van der Waals surface area contributed by atoms with Gasteiger partial charge in [-0.15, -0.1) is 0 Å². The van der Waals surface area contributed by atoms with Crippen LogP contribution in [-0.2, 0) is 14.8 Å². The number of rotatable bonds is 7. The molecular formula is C21H29N5O4S. The molecule has 1 aliphatic rings. The van der Waals surface area contributed by atoms with E-state index in [-0.39, 0.29) is 22.6 Å². The van der Waals surface area contributed by atoms with Gasteiger partial charge in [0, 0.05) is 44.7 Å². The number of carbonyl (C=O) groups excluding carboxylic acids is 2. The summed E-state index contributed by atoms with van der Waals surface area (Å²) < 4.78 is 27.5. The zero-order valence-corrected chi connectivity index (χ0v) is 18.9. The van der Waals surface area contributed by atoms with Crippen LogP contribution in [0.15, 0.2) is 35.4 Å². The largest absolute Gasteiger partial charge is 0.339 e. The third-order valence-corrected chi connectivity index (χ3v) is 7.54. The van der Waals surface area contributed by atoms with E-state index in [9.17, 15) is 18.0 Å². The van der Waals surface area contributed by atoms with Gasteiger partial charge in [0.15, 0.2) is 0 Å². The molecule has 2 N–H and O–H groups in total. The first-order valence-corrected chi connectivity index (χ1v) is 11.9. The van der Waals surface area contributed by atoms with Gasteiger partial charge in [0.05, 0.1) is 22.3 Å². The zero-order valence-electron chi connectivity index (χ0n) is 18.1. The Bertz CT molecular complexity index is 1020. The first kappa shape index (κ1) is 23.0. The summed E-state index contributed by atoms with van der Waals surface area (Å²) in [6.07, 6.45) is 2.77. The molecule has 1 aliphatic heterocycles. The molecule has 0 spiro atoms. The lowest BCUT2D eigenvalue weighted by Crippen LogP contribution is -2.38. The molecule has 1 fully saturated rings. The predicted molar refractivity (Wildman–Crippen MR) is 117 cm³/mol. The van der Waals surface area contributed by atoms with Crippen molar-refractivity contribution in [3.8, 4) is 0 Å². The molecule has 0 aliphatic carbocycles. The number of carbonyl (C=O) groups is 2. The van der Waals surface area contributed by atoms with Crippen LogP contribution in [0.2, 0.25) is 0 Å². The number of anilines is 1. The molecule has 2 heterocycles. The molecule has 31 heavy (non-hydrogen) atoms. The minimum Gasteiger partial charge on any atom is -0.339 e. The van der Waals surface area contributed by atoms with E-state index in [2.05, 4.69) is 15.5 Å². The number of aromatic nitrogens is 2. The Hall–Kier alpha value is -2.72. The number of nitrogens with zero attached hydrogens (tertiary/aromatic N) is 3. The van der Waals surface area contributed by atoms with Crippen LogP contribution < -0.4 is 5.32 Å². The van der Waals surface area contributed by atoms with Crippen LogP contribution in [0.5, 0.6) is 0 Å². The number of amides is 2. The van der Waals surface area contributed by atoms with Crippen molar-refractivity contribution in [2.24, 2.45) is 0 Å². The minimum atomic E-state index is -3.63. The number of sulfonamides is 1. The lowest BCUT2D eigenvalue weighted by atomic mass is 9.92. The van der Waals surface area contributed by atoms with Crippen LogP contribution in [0, 0.1) is 0 Å². The molecule has 168 valence electrons. The van der Waals surface area contributed by atoms with Crippen molar-refractivity contribution in [3.05, 3.63) is 41.7 Å². The maximum absolute atomic E-state index is 13.0. The van der Waals surface area contributed by atoms with Gasteiger partial charge in [0.1, 0.15) is 0 Å². The Labute approximate surface area is 182 Å². The van der Waals surface area contributed by atoms with E-state index in [1.165, 1.54) is 23.4 Å². The fourth-order valence-corrected chi connectivity index (χ4v) is 5.38. The Balaban J connectivity index is 1.69. The second-order valence-corrected chi connectivity index (χ2v) is 9.50. The molecule has 0 unspecified atom stereocenters. The van der Waals surface area contributed by atoms with Crippen LogP contribution >= 0.6 is 0 Å². The van der Waals surface area contributed by atoms with E-state index < -0.39 is 10.0 Å². The van der Waals surface area contributed by atoms with Crippen LogP contribution in [0.25, 0.3) is 0 Å². The second-order valence-electron chi connectivity index (χ2n) is 7.56. The SMILES string of the molecule is CCN(CC)C(=O)c1cn[nH]c1C1CCN(S(=O)(=O)c2ccc(NC(C)=O)cc2)CC1. The summed E-state index contributed by atoms with van der Waals surface area (Å²) in [5, 5.41) is 9.67. The predicted octanol–water partition coefficient (Wildman–Crippen LogP) is 2.42. The quantitative estimate of drug-likeness (QED) is 0.676. The number of nitrogens with one attached hydrogen (secondary N) is 2. The summed E-state index contributed by atoms with van der Waals surface area (Å²) in [7, 11) is -3.63. The van der Waals surface area contributed by atoms with Crippen LogP contribution in [0.4, 0.5) is 5.69 Å². The van der Waals surface area contributed by atoms with Gasteiger partial charge in [0.25, 0.3) is 5.91 Å². The van der Waals surface area contributed by atoms with Gasteiger partial charge in [-0.3, -0.25) is 14.7 Å². The molecule has 10 heteroatoms. The number of piperidine rings is 1. The average Bonchev–Trinajstić information content (AvgIpc) is 3.24. The third kappa shape index (κ3) is 4.96. The van der Waals surface area contributed by atoms with Crippen molar-refractivity contribution in [1.29, 1.82) is 0 Å². The van der Waals surface area contributed by atoms with E-state index in [0.717, 1.165) is 5.69 Å². The second kappa shape index (κ2) is 9.61. The Morgan fingerprint density at radius 1 is 1.16 bits per heavy atom. The minimum absolute atomic E-state index is 0.0469. The first-order valence-electron chi connectivity index (χ1n) is 10.5. The highest BCUT2D eigenvalue weighted by molar-refractivity contribution is 7.89. The van der Waals surface area contributed by atoms with Crippen molar-refractivity contribution >= 4 is 27.5 Å². The maximum Gasteiger partial charge on any atom is 0.257 e. The molecule has 0 bridgehead atoms. The van der Waals surface area contributed by atoms with Crippen molar-refractivity contribution in [2.75, 3.05) is 31.5 Å². The summed E-state index contributed by atoms with van der Waals surface area (Å²) in [6, 6.07) is 6.17. The monoisotopic (exact) mass is 447 g/mol. The number of benzene rings is 1. The highest BCUT2D eigenvalue weighted by atomic mass is 32.2. The van der Waals surface area contributed by atoms with Crippen molar-refractivity contribution in [3.63, 3.8) is 0 Å². The van der Waals surface area contributed by atoms with Gasteiger partial charge in [-0.25, -0.2) is 8.42 Å². The lowest BCUT2D eigenvalue weighted by molar-refractivity contribution is -0.114. The zero-order chi connectivity index (χ0) is 22.6. The molecule has 0 radical (unpaired) electrons. The lowest BCUT2D eigenvalue weighted by Gasteiger charge is -2.31. The number of hydrogen-bond acceptors (Lipinski definition) is 5. The van der Waals surface area contributed by atoms with E-state index in [0.29, 0.717) is 50.3 Å². The van der Waals surface area contributed by atoms with Crippen molar-refractivity contribution in [1.82, 2.24) is 19.4 Å². The molecule has 1 aromatic heterocycles. The Morgan fingerprint density at radius 3 is 2.32 bits per heavy atom. The maximum atomic E-state index is 13.0. The normalized spacial score (nSPS) is 15.6. The molecule has 3 rings (SSSR count). The Kier molecular flexibility index (Phi) is 7.11. The van der Waals surface area contributed by atoms with Gasteiger partial charge >= 0.3 is 0 Å². The molecule has 0 saturated carbocycles. The highest BCUT2D eigenvalue weighted by Gasteiger charge is 2.32. The van der Waals surface area contributed by atoms with Gasteiger partial charge < -0.3 is 10.2 Å². The third-order valence-electron chi connectivity index (χ3n) is 5.62. The summed E-state index contributed by atoms with van der Waals surface area (Å²) in [5.41, 5.74) is 1.90. The Morgan fingerprint density at radius 2 is 1.77 bits per heavy atom. The molecule has 0 atom stereocenters. The summed E-state index contributed by atoms with van der Waals surface area (Å²) >= 11 is 0. The molecule has 1 aromatic carbocycles.